The first-order valence-corrected chi connectivity index (χ1v) is 13.2. The third-order valence-corrected chi connectivity index (χ3v) is 7.07. The summed E-state index contributed by atoms with van der Waals surface area (Å²) in [5.74, 6) is 4.35. The van der Waals surface area contributed by atoms with Gasteiger partial charge in [-0.15, -0.1) is 0 Å². The van der Waals surface area contributed by atoms with Crippen LogP contribution >= 0.6 is 0 Å². The predicted octanol–water partition coefficient (Wildman–Crippen LogP) is 5.21. The molecular formula is C30H25BF6N3O3. The number of carbonyl (C=O) groups excluding carboxylic acids is 2. The van der Waals surface area contributed by atoms with Crippen molar-refractivity contribution >= 4 is 19.6 Å². The third-order valence-electron chi connectivity index (χ3n) is 7.07. The zero-order chi connectivity index (χ0) is 31.2. The lowest BCUT2D eigenvalue weighted by molar-refractivity contribution is -0.140. The molecule has 3 aromatic rings. The molecule has 1 aromatic heterocycles. The summed E-state index contributed by atoms with van der Waals surface area (Å²) in [4.78, 5) is 32.4. The summed E-state index contributed by atoms with van der Waals surface area (Å²) in [6, 6.07) is 10.1. The average Bonchev–Trinajstić information content (AvgIpc) is 2.96. The number of rotatable bonds is 7. The van der Waals surface area contributed by atoms with E-state index in [4.69, 9.17) is 0 Å². The molecule has 0 saturated carbocycles. The van der Waals surface area contributed by atoms with Crippen LogP contribution in [0.15, 0.2) is 48.7 Å². The molecule has 0 N–H and O–H groups in total. The Labute approximate surface area is 244 Å². The zero-order valence-corrected chi connectivity index (χ0v) is 22.9. The van der Waals surface area contributed by atoms with E-state index in [1.54, 1.807) is 0 Å². The molecule has 0 bridgehead atoms. The van der Waals surface area contributed by atoms with Crippen LogP contribution in [0.3, 0.4) is 0 Å². The first-order chi connectivity index (χ1) is 20.4. The van der Waals surface area contributed by atoms with Crippen molar-refractivity contribution in [1.82, 2.24) is 14.8 Å². The normalized spacial score (nSPS) is 14.5. The highest BCUT2D eigenvalue weighted by molar-refractivity contribution is 6.64. The van der Waals surface area contributed by atoms with Gasteiger partial charge < -0.3 is 14.3 Å². The smallest absolute Gasteiger partial charge is 0.420 e. The van der Waals surface area contributed by atoms with Crippen molar-refractivity contribution in [2.75, 3.05) is 20.2 Å². The molecule has 2 heterocycles. The Bertz CT molecular complexity index is 1520. The second-order valence-corrected chi connectivity index (χ2v) is 9.93. The number of hydrogen-bond donors (Lipinski definition) is 0. The number of nitrogens with zero attached hydrogens (tertiary/aromatic N) is 3. The van der Waals surface area contributed by atoms with E-state index in [-0.39, 0.29) is 23.4 Å². The summed E-state index contributed by atoms with van der Waals surface area (Å²) in [6.45, 7) is 1.54. The van der Waals surface area contributed by atoms with Crippen LogP contribution in [0.5, 0.6) is 0 Å². The highest BCUT2D eigenvalue weighted by Gasteiger charge is 2.35. The van der Waals surface area contributed by atoms with Crippen LogP contribution in [0.4, 0.5) is 26.3 Å². The van der Waals surface area contributed by atoms with Crippen LogP contribution in [-0.2, 0) is 39.5 Å². The number of esters is 1. The summed E-state index contributed by atoms with van der Waals surface area (Å²) in [7, 11) is 2.60. The van der Waals surface area contributed by atoms with Crippen molar-refractivity contribution < 1.29 is 40.7 Å². The van der Waals surface area contributed by atoms with Crippen molar-refractivity contribution in [1.29, 1.82) is 0 Å². The number of piperidine rings is 1. The lowest BCUT2D eigenvalue weighted by Gasteiger charge is -2.30. The van der Waals surface area contributed by atoms with Gasteiger partial charge in [0, 0.05) is 18.2 Å². The standard InChI is InChI=1S/C30H25BF6N3O3/c1-43-28(42)16-23-15-24(29(32,33)34)8-6-21(23)7-9-26-25(30(35,36)37)17-38-27(39-26)14-19-2-4-20(5-3-19)22-10-12-40(13-11-22)31-18-41/h2-6,8,15,17-18,22H,10-14,16H2,1H3. The fraction of sp³-hybridized carbons (Fsp3) is 0.333. The number of benzene rings is 2. The molecule has 1 fully saturated rings. The fourth-order valence-electron chi connectivity index (χ4n) is 4.76. The van der Waals surface area contributed by atoms with Crippen LogP contribution in [0.2, 0.25) is 0 Å². The number of ether oxygens (including phenoxy) is 1. The van der Waals surface area contributed by atoms with Crippen molar-refractivity contribution in [3.8, 4) is 11.8 Å². The van der Waals surface area contributed by atoms with Gasteiger partial charge in [0.15, 0.2) is 0 Å². The van der Waals surface area contributed by atoms with Crippen LogP contribution in [0.25, 0.3) is 0 Å². The molecule has 6 nitrogen and oxygen atoms in total. The molecular weight excluding hydrogens is 575 g/mol. The minimum Gasteiger partial charge on any atom is -0.469 e. The molecule has 0 atom stereocenters. The van der Waals surface area contributed by atoms with Gasteiger partial charge in [0.05, 0.1) is 25.3 Å². The van der Waals surface area contributed by atoms with Crippen molar-refractivity contribution in [3.05, 3.63) is 93.6 Å². The Morgan fingerprint density at radius 2 is 1.74 bits per heavy atom. The molecule has 2 aromatic carbocycles. The molecule has 1 radical (unpaired) electrons. The Morgan fingerprint density at radius 3 is 2.35 bits per heavy atom. The number of alkyl halides is 6. The van der Waals surface area contributed by atoms with Gasteiger partial charge in [0.25, 0.3) is 7.41 Å². The summed E-state index contributed by atoms with van der Waals surface area (Å²) in [5, 5.41) is 0. The van der Waals surface area contributed by atoms with E-state index >= 15 is 0 Å². The van der Waals surface area contributed by atoms with Crippen LogP contribution in [0, 0.1) is 11.8 Å². The van der Waals surface area contributed by atoms with E-state index in [1.165, 1.54) is 7.41 Å². The largest absolute Gasteiger partial charge is 0.469 e. The van der Waals surface area contributed by atoms with Crippen molar-refractivity contribution in [2.45, 2.75) is 44.0 Å². The Kier molecular flexibility index (Phi) is 9.91. The van der Waals surface area contributed by atoms with Crippen LogP contribution in [0.1, 0.15) is 63.7 Å². The van der Waals surface area contributed by atoms with E-state index in [1.807, 2.05) is 29.1 Å². The minimum atomic E-state index is -4.84. The lowest BCUT2D eigenvalue weighted by Crippen LogP contribution is -2.36. The number of aromatic nitrogens is 2. The molecule has 1 saturated heterocycles. The third kappa shape index (κ3) is 8.44. The van der Waals surface area contributed by atoms with E-state index in [0.717, 1.165) is 62.5 Å². The van der Waals surface area contributed by atoms with Crippen molar-refractivity contribution in [3.63, 3.8) is 0 Å². The SMILES string of the molecule is COC(=O)Cc1cc(C(F)(F)F)ccc1C#Cc1nc(Cc2ccc(C3CCN([B]C=O)CC3)cc2)ncc1C(F)(F)F. The molecule has 13 heteroatoms. The first-order valence-electron chi connectivity index (χ1n) is 13.2. The van der Waals surface area contributed by atoms with Crippen molar-refractivity contribution in [2.24, 2.45) is 0 Å². The molecule has 0 unspecified atom stereocenters. The molecule has 1 aliphatic heterocycles. The molecule has 223 valence electrons. The Morgan fingerprint density at radius 1 is 1.05 bits per heavy atom. The summed E-state index contributed by atoms with van der Waals surface area (Å²) >= 11 is 0. The van der Waals surface area contributed by atoms with Gasteiger partial charge in [0.1, 0.15) is 17.1 Å². The number of halogens is 6. The lowest BCUT2D eigenvalue weighted by atomic mass is 9.84. The van der Waals surface area contributed by atoms with Crippen LogP contribution in [-0.4, -0.2) is 54.5 Å². The summed E-state index contributed by atoms with van der Waals surface area (Å²) in [5.41, 5.74) is -1.21. The number of hydrogen-bond acceptors (Lipinski definition) is 6. The number of methoxy groups -OCH3 is 1. The van der Waals surface area contributed by atoms with Crippen LogP contribution < -0.4 is 0 Å². The fourth-order valence-corrected chi connectivity index (χ4v) is 4.76. The van der Waals surface area contributed by atoms with E-state index in [2.05, 4.69) is 26.5 Å². The van der Waals surface area contributed by atoms with Gasteiger partial charge in [-0.2, -0.15) is 26.3 Å². The maximum Gasteiger partial charge on any atom is 0.420 e. The van der Waals surface area contributed by atoms with E-state index < -0.39 is 41.6 Å². The summed E-state index contributed by atoms with van der Waals surface area (Å²) in [6.07, 6.45) is -6.81. The van der Waals surface area contributed by atoms with Gasteiger partial charge in [-0.1, -0.05) is 30.2 Å². The molecule has 1 aliphatic rings. The molecule has 43 heavy (non-hydrogen) atoms. The second-order valence-electron chi connectivity index (χ2n) is 9.93. The quantitative estimate of drug-likeness (QED) is 0.122. The minimum absolute atomic E-state index is 0.0721. The van der Waals surface area contributed by atoms with E-state index in [9.17, 15) is 35.9 Å². The van der Waals surface area contributed by atoms with E-state index in [0.29, 0.717) is 18.2 Å². The van der Waals surface area contributed by atoms with Gasteiger partial charge in [-0.25, -0.2) is 9.97 Å². The number of carbonyl (C=O) groups is 2. The predicted molar refractivity (Wildman–Crippen MR) is 145 cm³/mol. The Balaban J connectivity index is 1.59. The van der Waals surface area contributed by atoms with Gasteiger partial charge in [-0.05, 0) is 72.7 Å². The maximum absolute atomic E-state index is 13.7. The zero-order valence-electron chi connectivity index (χ0n) is 22.9. The second kappa shape index (κ2) is 13.4. The molecule has 0 spiro atoms. The monoisotopic (exact) mass is 600 g/mol. The Hall–Kier alpha value is -4.18. The highest BCUT2D eigenvalue weighted by atomic mass is 19.4. The average molecular weight is 600 g/mol. The van der Waals surface area contributed by atoms with Gasteiger partial charge >= 0.3 is 18.3 Å². The highest BCUT2D eigenvalue weighted by Crippen LogP contribution is 2.33. The summed E-state index contributed by atoms with van der Waals surface area (Å²) < 4.78 is 85.5. The molecule has 0 amide bonds. The van der Waals surface area contributed by atoms with Gasteiger partial charge in [0.2, 0.25) is 0 Å². The maximum atomic E-state index is 13.7. The van der Waals surface area contributed by atoms with Gasteiger partial charge in [-0.3, -0.25) is 4.79 Å². The first kappa shape index (κ1) is 31.8. The molecule has 0 aliphatic carbocycles. The molecule has 4 rings (SSSR count). The topological polar surface area (TPSA) is 72.4 Å².